The SMILES string of the molecule is C=CCC(CCCCCCCCCCC)c1ccccc1S(=O)(=O)[O-].[Na+]. The summed E-state index contributed by atoms with van der Waals surface area (Å²) >= 11 is 0. The van der Waals surface area contributed by atoms with Gasteiger partial charge in [-0.2, -0.15) is 0 Å². The normalized spacial score (nSPS) is 12.4. The zero-order valence-corrected chi connectivity index (χ0v) is 19.4. The van der Waals surface area contributed by atoms with Crippen molar-refractivity contribution in [2.24, 2.45) is 0 Å². The van der Waals surface area contributed by atoms with Gasteiger partial charge in [0.05, 0.1) is 4.90 Å². The van der Waals surface area contributed by atoms with Crippen LogP contribution in [0.4, 0.5) is 0 Å². The number of rotatable bonds is 14. The van der Waals surface area contributed by atoms with Gasteiger partial charge >= 0.3 is 29.6 Å². The molecular weight excluding hydrogens is 355 g/mol. The molecule has 0 radical (unpaired) electrons. The average Bonchev–Trinajstić information content (AvgIpc) is 2.58. The van der Waals surface area contributed by atoms with Gasteiger partial charge in [0.25, 0.3) is 0 Å². The van der Waals surface area contributed by atoms with E-state index in [1.54, 1.807) is 18.2 Å². The van der Waals surface area contributed by atoms with E-state index in [2.05, 4.69) is 13.5 Å². The quantitative estimate of drug-likeness (QED) is 0.213. The third-order valence-electron chi connectivity index (χ3n) is 4.74. The van der Waals surface area contributed by atoms with Crippen molar-refractivity contribution < 1.29 is 42.5 Å². The average molecular weight is 389 g/mol. The van der Waals surface area contributed by atoms with E-state index >= 15 is 0 Å². The maximum atomic E-state index is 11.5. The van der Waals surface area contributed by atoms with Crippen molar-refractivity contribution in [2.75, 3.05) is 0 Å². The van der Waals surface area contributed by atoms with Crippen molar-refractivity contribution in [3.63, 3.8) is 0 Å². The van der Waals surface area contributed by atoms with Gasteiger partial charge in [-0.1, -0.05) is 89.0 Å². The Balaban J connectivity index is 0.00000625. The van der Waals surface area contributed by atoms with E-state index < -0.39 is 10.1 Å². The number of allylic oxidation sites excluding steroid dienone is 1. The van der Waals surface area contributed by atoms with Crippen LogP contribution in [-0.2, 0) is 10.1 Å². The number of unbranched alkanes of at least 4 members (excludes halogenated alkanes) is 8. The van der Waals surface area contributed by atoms with Gasteiger partial charge in [-0.05, 0) is 30.4 Å². The molecule has 0 aliphatic heterocycles. The molecule has 3 nitrogen and oxygen atoms in total. The van der Waals surface area contributed by atoms with Crippen molar-refractivity contribution in [3.8, 4) is 0 Å². The summed E-state index contributed by atoms with van der Waals surface area (Å²) in [7, 11) is -4.43. The molecule has 0 aliphatic rings. The molecule has 0 fully saturated rings. The van der Waals surface area contributed by atoms with Crippen molar-refractivity contribution in [2.45, 2.75) is 88.4 Å². The Labute approximate surface area is 182 Å². The molecule has 0 heterocycles. The van der Waals surface area contributed by atoms with Crippen molar-refractivity contribution >= 4 is 10.1 Å². The molecule has 0 amide bonds. The first-order chi connectivity index (χ1) is 12.0. The van der Waals surface area contributed by atoms with Crippen LogP contribution < -0.4 is 29.6 Å². The molecule has 142 valence electrons. The Morgan fingerprint density at radius 2 is 1.54 bits per heavy atom. The van der Waals surface area contributed by atoms with Crippen LogP contribution in [0.15, 0.2) is 41.8 Å². The first-order valence-electron chi connectivity index (χ1n) is 9.66. The Bertz CT molecular complexity index is 599. The molecule has 5 heteroatoms. The first kappa shape index (κ1) is 25.9. The second-order valence-electron chi connectivity index (χ2n) is 6.83. The van der Waals surface area contributed by atoms with E-state index in [9.17, 15) is 13.0 Å². The molecule has 1 rings (SSSR count). The maximum absolute atomic E-state index is 11.5. The Kier molecular flexibility index (Phi) is 14.8. The molecule has 0 spiro atoms. The van der Waals surface area contributed by atoms with Gasteiger partial charge in [0.1, 0.15) is 10.1 Å². The molecule has 0 aliphatic carbocycles. The van der Waals surface area contributed by atoms with Crippen LogP contribution in [0.5, 0.6) is 0 Å². The molecular formula is C21H33NaO3S. The zero-order valence-electron chi connectivity index (χ0n) is 16.6. The third-order valence-corrected chi connectivity index (χ3v) is 5.65. The van der Waals surface area contributed by atoms with E-state index in [1.807, 2.05) is 6.08 Å². The minimum atomic E-state index is -4.43. The minimum absolute atomic E-state index is 0. The number of hydrogen-bond donors (Lipinski definition) is 0. The van der Waals surface area contributed by atoms with Crippen molar-refractivity contribution in [1.29, 1.82) is 0 Å². The summed E-state index contributed by atoms with van der Waals surface area (Å²) in [6, 6.07) is 6.60. The maximum Gasteiger partial charge on any atom is 1.00 e. The van der Waals surface area contributed by atoms with E-state index in [1.165, 1.54) is 51.0 Å². The monoisotopic (exact) mass is 388 g/mol. The van der Waals surface area contributed by atoms with E-state index in [0.29, 0.717) is 12.0 Å². The summed E-state index contributed by atoms with van der Waals surface area (Å²) in [4.78, 5) is -0.0715. The van der Waals surface area contributed by atoms with Crippen molar-refractivity contribution in [1.82, 2.24) is 0 Å². The summed E-state index contributed by atoms with van der Waals surface area (Å²) < 4.78 is 34.5. The number of benzene rings is 1. The molecule has 0 bridgehead atoms. The molecule has 0 saturated heterocycles. The molecule has 0 saturated carbocycles. The third kappa shape index (κ3) is 10.3. The summed E-state index contributed by atoms with van der Waals surface area (Å²) in [5.41, 5.74) is 0.650. The van der Waals surface area contributed by atoms with Gasteiger partial charge < -0.3 is 4.55 Å². The first-order valence-corrected chi connectivity index (χ1v) is 11.1. The van der Waals surface area contributed by atoms with Gasteiger partial charge in [-0.3, -0.25) is 0 Å². The molecule has 0 aromatic heterocycles. The van der Waals surface area contributed by atoms with E-state index in [0.717, 1.165) is 19.3 Å². The van der Waals surface area contributed by atoms with Gasteiger partial charge in [0.15, 0.2) is 0 Å². The van der Waals surface area contributed by atoms with Crippen LogP contribution in [0.2, 0.25) is 0 Å². The van der Waals surface area contributed by atoms with Gasteiger partial charge in [0.2, 0.25) is 0 Å². The van der Waals surface area contributed by atoms with Crippen LogP contribution in [0.25, 0.3) is 0 Å². The second-order valence-corrected chi connectivity index (χ2v) is 8.18. The predicted octanol–water partition coefficient (Wildman–Crippen LogP) is 3.18. The molecule has 1 atom stereocenters. The Morgan fingerprint density at radius 3 is 2.08 bits per heavy atom. The van der Waals surface area contributed by atoms with Gasteiger partial charge in [0, 0.05) is 0 Å². The summed E-state index contributed by atoms with van der Waals surface area (Å²) in [5, 5.41) is 0. The predicted molar refractivity (Wildman–Crippen MR) is 104 cm³/mol. The van der Waals surface area contributed by atoms with Gasteiger partial charge in [-0.15, -0.1) is 6.58 Å². The van der Waals surface area contributed by atoms with Crippen LogP contribution in [0, 0.1) is 0 Å². The molecule has 1 aromatic carbocycles. The largest absolute Gasteiger partial charge is 1.00 e. The van der Waals surface area contributed by atoms with Crippen molar-refractivity contribution in [3.05, 3.63) is 42.5 Å². The van der Waals surface area contributed by atoms with Crippen LogP contribution in [0.3, 0.4) is 0 Å². The van der Waals surface area contributed by atoms with Gasteiger partial charge in [-0.25, -0.2) is 8.42 Å². The van der Waals surface area contributed by atoms with Crippen LogP contribution in [-0.4, -0.2) is 13.0 Å². The minimum Gasteiger partial charge on any atom is -0.744 e. The number of hydrogen-bond acceptors (Lipinski definition) is 3. The zero-order chi connectivity index (χ0) is 18.5. The van der Waals surface area contributed by atoms with E-state index in [-0.39, 0.29) is 40.4 Å². The smallest absolute Gasteiger partial charge is 0.744 e. The molecule has 26 heavy (non-hydrogen) atoms. The summed E-state index contributed by atoms with van der Waals surface area (Å²) in [6.45, 7) is 6.02. The fourth-order valence-electron chi connectivity index (χ4n) is 3.35. The molecule has 1 aromatic rings. The topological polar surface area (TPSA) is 57.2 Å². The summed E-state index contributed by atoms with van der Waals surface area (Å²) in [5.74, 6) is 0.0574. The van der Waals surface area contributed by atoms with Crippen LogP contribution >= 0.6 is 0 Å². The second kappa shape index (κ2) is 14.9. The molecule has 0 N–H and O–H groups in total. The summed E-state index contributed by atoms with van der Waals surface area (Å²) in [6.07, 6.45) is 14.7. The van der Waals surface area contributed by atoms with Crippen LogP contribution in [0.1, 0.15) is 89.0 Å². The fraction of sp³-hybridized carbons (Fsp3) is 0.619. The molecule has 1 unspecified atom stereocenters. The Morgan fingerprint density at radius 1 is 1.00 bits per heavy atom. The Hall–Kier alpha value is -0.130. The fourth-order valence-corrected chi connectivity index (χ4v) is 4.12. The van der Waals surface area contributed by atoms with E-state index in [4.69, 9.17) is 0 Å². The standard InChI is InChI=1S/C21H34O3S.Na/c1-3-5-6-7-8-9-10-11-12-16-19(15-4-2)20-17-13-14-18-21(20)25(22,23)24;/h4,13-14,17-19H,2-3,5-12,15-16H2,1H3,(H,22,23,24);/q;+1/p-1.